The fourth-order valence-electron chi connectivity index (χ4n) is 4.92. The number of nitrogens with zero attached hydrogens (tertiary/aromatic N) is 7. The minimum absolute atomic E-state index is 0.259. The Morgan fingerprint density at radius 2 is 1.94 bits per heavy atom. The summed E-state index contributed by atoms with van der Waals surface area (Å²) in [5.41, 5.74) is 4.24. The summed E-state index contributed by atoms with van der Waals surface area (Å²) in [7, 11) is 0. The third-order valence-corrected chi connectivity index (χ3v) is 6.54. The average Bonchev–Trinajstić information content (AvgIpc) is 3.47. The topological polar surface area (TPSA) is 78.2 Å². The summed E-state index contributed by atoms with van der Waals surface area (Å²) in [5, 5.41) is 7.02. The van der Waals surface area contributed by atoms with Crippen LogP contribution >= 0.6 is 0 Å². The SMILES string of the molecule is C[C@@H]1C[C@@H](c2cn[nH]c2)CN(c2nccc(-c3cnc4ccc(N5CC(F)(F)C5)cn34)n2)C1. The number of hydrogen-bond acceptors (Lipinski definition) is 6. The van der Waals surface area contributed by atoms with Crippen molar-refractivity contribution >= 4 is 17.3 Å². The van der Waals surface area contributed by atoms with E-state index < -0.39 is 5.92 Å². The van der Waals surface area contributed by atoms with Gasteiger partial charge in [-0.2, -0.15) is 5.10 Å². The van der Waals surface area contributed by atoms with E-state index in [-0.39, 0.29) is 13.1 Å². The highest BCUT2D eigenvalue weighted by Crippen LogP contribution is 2.34. The number of halogens is 2. The molecule has 2 fully saturated rings. The van der Waals surface area contributed by atoms with E-state index in [0.29, 0.717) is 17.8 Å². The normalized spacial score (nSPS) is 22.5. The van der Waals surface area contributed by atoms with Crippen molar-refractivity contribution in [3.63, 3.8) is 0 Å². The van der Waals surface area contributed by atoms with Gasteiger partial charge in [-0.15, -0.1) is 0 Å². The number of anilines is 2. The molecule has 0 saturated carbocycles. The third kappa shape index (κ3) is 3.69. The Labute approximate surface area is 189 Å². The van der Waals surface area contributed by atoms with Crippen LogP contribution in [0.1, 0.15) is 24.8 Å². The molecule has 2 aliphatic rings. The molecule has 0 amide bonds. The Balaban J connectivity index is 1.31. The zero-order valence-electron chi connectivity index (χ0n) is 18.2. The first-order valence-electron chi connectivity index (χ1n) is 11.1. The first kappa shape index (κ1) is 20.1. The van der Waals surface area contributed by atoms with Crippen molar-refractivity contribution in [2.75, 3.05) is 36.0 Å². The molecule has 0 aliphatic carbocycles. The molecule has 6 heterocycles. The fourth-order valence-corrected chi connectivity index (χ4v) is 4.92. The predicted molar refractivity (Wildman–Crippen MR) is 121 cm³/mol. The Bertz CT molecular complexity index is 1280. The quantitative estimate of drug-likeness (QED) is 0.512. The van der Waals surface area contributed by atoms with Gasteiger partial charge in [0.15, 0.2) is 0 Å². The van der Waals surface area contributed by atoms with Crippen LogP contribution in [0, 0.1) is 5.92 Å². The van der Waals surface area contributed by atoms with Gasteiger partial charge < -0.3 is 9.80 Å². The number of fused-ring (bicyclic) bond motifs is 1. The zero-order chi connectivity index (χ0) is 22.6. The molecule has 2 aliphatic heterocycles. The van der Waals surface area contributed by atoms with Crippen LogP contribution in [0.25, 0.3) is 17.0 Å². The lowest BCUT2D eigenvalue weighted by Crippen LogP contribution is -2.56. The summed E-state index contributed by atoms with van der Waals surface area (Å²) in [6, 6.07) is 5.54. The molecule has 8 nitrogen and oxygen atoms in total. The van der Waals surface area contributed by atoms with Gasteiger partial charge in [-0.3, -0.25) is 9.50 Å². The van der Waals surface area contributed by atoms with E-state index in [1.165, 1.54) is 5.56 Å². The molecule has 10 heteroatoms. The Kier molecular flexibility index (Phi) is 4.56. The van der Waals surface area contributed by atoms with Gasteiger partial charge in [0.2, 0.25) is 5.95 Å². The predicted octanol–water partition coefficient (Wildman–Crippen LogP) is 3.60. The third-order valence-electron chi connectivity index (χ3n) is 6.54. The van der Waals surface area contributed by atoms with Crippen LogP contribution in [-0.2, 0) is 0 Å². The molecule has 0 aromatic carbocycles. The van der Waals surface area contributed by atoms with Gasteiger partial charge in [0.05, 0.1) is 42.6 Å². The van der Waals surface area contributed by atoms with Crippen LogP contribution in [0.5, 0.6) is 0 Å². The summed E-state index contributed by atoms with van der Waals surface area (Å²) >= 11 is 0. The first-order valence-corrected chi connectivity index (χ1v) is 11.1. The smallest absolute Gasteiger partial charge is 0.282 e. The summed E-state index contributed by atoms with van der Waals surface area (Å²) in [6.07, 6.45) is 10.3. The van der Waals surface area contributed by atoms with Crippen molar-refractivity contribution in [3.05, 3.63) is 54.7 Å². The monoisotopic (exact) mass is 450 g/mol. The summed E-state index contributed by atoms with van der Waals surface area (Å²) < 4.78 is 28.6. The fraction of sp³-hybridized carbons (Fsp3) is 0.391. The van der Waals surface area contributed by atoms with Crippen LogP contribution in [0.15, 0.2) is 49.2 Å². The van der Waals surface area contributed by atoms with Gasteiger partial charge in [-0.1, -0.05) is 6.92 Å². The molecule has 0 radical (unpaired) electrons. The molecule has 4 aromatic heterocycles. The number of piperidine rings is 1. The highest BCUT2D eigenvalue weighted by molar-refractivity contribution is 5.64. The van der Waals surface area contributed by atoms with Gasteiger partial charge in [-0.25, -0.2) is 23.7 Å². The second-order valence-corrected chi connectivity index (χ2v) is 9.19. The van der Waals surface area contributed by atoms with E-state index >= 15 is 0 Å². The van der Waals surface area contributed by atoms with E-state index in [1.807, 2.05) is 41.2 Å². The highest BCUT2D eigenvalue weighted by Gasteiger charge is 2.44. The van der Waals surface area contributed by atoms with E-state index in [4.69, 9.17) is 4.98 Å². The van der Waals surface area contributed by atoms with Crippen molar-refractivity contribution in [3.8, 4) is 11.4 Å². The number of aromatic amines is 1. The standard InChI is InChI=1S/C23H24F2N8/c1-15-6-16(17-7-28-29-8-17)11-31(10-15)22-26-5-4-19(30-22)20-9-27-21-3-2-18(12-33(20)21)32-13-23(24,25)14-32/h2-5,7-9,12,15-16H,6,10-11,13-14H2,1H3,(H,28,29)/t15-,16-/m1/s1. The van der Waals surface area contributed by atoms with E-state index in [9.17, 15) is 8.78 Å². The second-order valence-electron chi connectivity index (χ2n) is 9.19. The molecular formula is C23H24F2N8. The minimum Gasteiger partial charge on any atom is -0.358 e. The van der Waals surface area contributed by atoms with Crippen molar-refractivity contribution in [1.82, 2.24) is 29.5 Å². The lowest BCUT2D eigenvalue weighted by Gasteiger charge is -2.40. The maximum Gasteiger partial charge on any atom is 0.282 e. The lowest BCUT2D eigenvalue weighted by atomic mass is 9.87. The highest BCUT2D eigenvalue weighted by atomic mass is 19.3. The van der Waals surface area contributed by atoms with Crippen LogP contribution in [0.4, 0.5) is 20.4 Å². The summed E-state index contributed by atoms with van der Waals surface area (Å²) in [6.45, 7) is 3.44. The largest absolute Gasteiger partial charge is 0.358 e. The van der Waals surface area contributed by atoms with E-state index in [0.717, 1.165) is 42.2 Å². The molecular weight excluding hydrogens is 426 g/mol. The zero-order valence-corrected chi connectivity index (χ0v) is 18.2. The number of nitrogens with one attached hydrogen (secondary N) is 1. The van der Waals surface area contributed by atoms with Gasteiger partial charge >= 0.3 is 0 Å². The lowest BCUT2D eigenvalue weighted by molar-refractivity contribution is -0.0262. The number of rotatable bonds is 4. The number of H-pyrrole nitrogens is 1. The van der Waals surface area contributed by atoms with Gasteiger partial charge in [0, 0.05) is 37.6 Å². The molecule has 2 saturated heterocycles. The molecule has 170 valence electrons. The van der Waals surface area contributed by atoms with E-state index in [1.54, 1.807) is 17.3 Å². The maximum atomic E-state index is 13.4. The molecule has 33 heavy (non-hydrogen) atoms. The number of aromatic nitrogens is 6. The van der Waals surface area contributed by atoms with Gasteiger partial charge in [0.1, 0.15) is 5.65 Å². The van der Waals surface area contributed by atoms with Crippen molar-refractivity contribution in [2.24, 2.45) is 5.92 Å². The molecule has 4 aromatic rings. The summed E-state index contributed by atoms with van der Waals surface area (Å²) in [5.74, 6) is -1.07. The van der Waals surface area contributed by atoms with Crippen LogP contribution < -0.4 is 9.80 Å². The number of alkyl halides is 2. The maximum absolute atomic E-state index is 13.4. The van der Waals surface area contributed by atoms with E-state index in [2.05, 4.69) is 32.0 Å². The average molecular weight is 450 g/mol. The van der Waals surface area contributed by atoms with Crippen LogP contribution in [0.2, 0.25) is 0 Å². The minimum atomic E-state index is -2.62. The number of pyridine rings is 1. The van der Waals surface area contributed by atoms with Gasteiger partial charge in [0.25, 0.3) is 5.92 Å². The van der Waals surface area contributed by atoms with Crippen LogP contribution in [-0.4, -0.2) is 61.7 Å². The molecule has 1 N–H and O–H groups in total. The number of imidazole rings is 1. The molecule has 2 atom stereocenters. The first-order chi connectivity index (χ1) is 15.9. The van der Waals surface area contributed by atoms with Crippen molar-refractivity contribution in [2.45, 2.75) is 25.2 Å². The summed E-state index contributed by atoms with van der Waals surface area (Å²) in [4.78, 5) is 17.8. The van der Waals surface area contributed by atoms with Crippen molar-refractivity contribution in [1.29, 1.82) is 0 Å². The molecule has 0 unspecified atom stereocenters. The van der Waals surface area contributed by atoms with Crippen LogP contribution in [0.3, 0.4) is 0 Å². The van der Waals surface area contributed by atoms with Crippen molar-refractivity contribution < 1.29 is 8.78 Å². The Hall–Kier alpha value is -3.56. The molecule has 0 bridgehead atoms. The Morgan fingerprint density at radius 3 is 2.73 bits per heavy atom. The molecule has 0 spiro atoms. The Morgan fingerprint density at radius 1 is 1.06 bits per heavy atom. The molecule has 6 rings (SSSR count). The number of hydrogen-bond donors (Lipinski definition) is 1. The second kappa shape index (κ2) is 7.50. The van der Waals surface area contributed by atoms with Gasteiger partial charge in [-0.05, 0) is 36.1 Å².